The van der Waals surface area contributed by atoms with Gasteiger partial charge in [0.05, 0.1) is 10.9 Å². The van der Waals surface area contributed by atoms with Gasteiger partial charge in [-0.25, -0.2) is 0 Å². The Kier molecular flexibility index (Phi) is 3.86. The van der Waals surface area contributed by atoms with Crippen molar-refractivity contribution in [1.29, 1.82) is 0 Å². The molecule has 2 atom stereocenters. The number of carbonyl (C=O) groups is 1. The molecule has 2 N–H and O–H groups in total. The molecule has 0 radical (unpaired) electrons. The molecule has 0 bridgehead atoms. The molecule has 0 saturated heterocycles. The minimum atomic E-state index is -0.691. The molecule has 6 nitrogen and oxygen atoms in total. The van der Waals surface area contributed by atoms with Crippen molar-refractivity contribution in [3.8, 4) is 0 Å². The van der Waals surface area contributed by atoms with Crippen LogP contribution in [-0.2, 0) is 4.79 Å². The molecule has 0 aliphatic rings. The molecule has 1 aromatic heterocycles. The third-order valence-electron chi connectivity index (χ3n) is 1.59. The summed E-state index contributed by atoms with van der Waals surface area (Å²) in [7, 11) is 0. The Morgan fingerprint density at radius 2 is 2.13 bits per heavy atom. The Morgan fingerprint density at radius 3 is 2.53 bits per heavy atom. The van der Waals surface area contributed by atoms with Gasteiger partial charge in [0.25, 0.3) is 0 Å². The summed E-state index contributed by atoms with van der Waals surface area (Å²) in [6, 6.07) is 2.62. The van der Waals surface area contributed by atoms with E-state index < -0.39 is 20.5 Å². The lowest BCUT2D eigenvalue weighted by atomic mass is 10.2. The van der Waals surface area contributed by atoms with Gasteiger partial charge in [-0.2, -0.15) is 0 Å². The van der Waals surface area contributed by atoms with Gasteiger partial charge in [-0.3, -0.25) is 14.9 Å². The van der Waals surface area contributed by atoms with Crippen LogP contribution in [0.4, 0.5) is 5.88 Å². The van der Waals surface area contributed by atoms with E-state index in [4.69, 9.17) is 10.2 Å². The van der Waals surface area contributed by atoms with Crippen molar-refractivity contribution in [1.82, 2.24) is 0 Å². The van der Waals surface area contributed by atoms with Crippen LogP contribution in [0.1, 0.15) is 10.6 Å². The average Bonchev–Trinajstić information content (AvgIpc) is 2.64. The Hall–Kier alpha value is -0.890. The molecule has 8 heteroatoms. The Bertz CT molecular complexity index is 392. The molecule has 0 aliphatic heterocycles. The summed E-state index contributed by atoms with van der Waals surface area (Å²) in [5.74, 6) is -0.697. The number of furan rings is 1. The van der Waals surface area contributed by atoms with Crippen LogP contribution in [0.5, 0.6) is 0 Å². The molecule has 0 aromatic carbocycles. The summed E-state index contributed by atoms with van der Waals surface area (Å²) < 4.78 is 4.89. The zero-order valence-corrected chi connectivity index (χ0v) is 10.4. The van der Waals surface area contributed by atoms with Crippen LogP contribution in [0.2, 0.25) is 0 Å². The number of nitro groups is 1. The van der Waals surface area contributed by atoms with E-state index in [1.807, 2.05) is 0 Å². The highest BCUT2D eigenvalue weighted by Gasteiger charge is 2.27. The van der Waals surface area contributed by atoms with Gasteiger partial charge in [0.2, 0.25) is 5.91 Å². The summed E-state index contributed by atoms with van der Waals surface area (Å²) in [4.78, 5) is 19.3. The van der Waals surface area contributed by atoms with E-state index in [0.717, 1.165) is 0 Å². The summed E-state index contributed by atoms with van der Waals surface area (Å²) in [5.41, 5.74) is 5.05. The first-order valence-corrected chi connectivity index (χ1v) is 5.58. The number of hydrogen-bond donors (Lipinski definition) is 1. The maximum absolute atomic E-state index is 10.8. The van der Waals surface area contributed by atoms with E-state index in [9.17, 15) is 14.9 Å². The van der Waals surface area contributed by atoms with Crippen LogP contribution >= 0.6 is 31.9 Å². The van der Waals surface area contributed by atoms with Crippen LogP contribution in [0.25, 0.3) is 0 Å². The number of nitrogens with two attached hydrogens (primary N) is 1. The predicted octanol–water partition coefficient (Wildman–Crippen LogP) is 1.87. The smallest absolute Gasteiger partial charge is 0.405 e. The number of amides is 1. The lowest BCUT2D eigenvalue weighted by molar-refractivity contribution is -0.402. The predicted molar refractivity (Wildman–Crippen MR) is 58.9 cm³/mol. The van der Waals surface area contributed by atoms with Crippen LogP contribution in [0.3, 0.4) is 0 Å². The van der Waals surface area contributed by atoms with Crippen molar-refractivity contribution in [3.63, 3.8) is 0 Å². The van der Waals surface area contributed by atoms with Gasteiger partial charge in [0.1, 0.15) is 15.5 Å². The van der Waals surface area contributed by atoms with Gasteiger partial charge in [-0.05, 0) is 6.07 Å². The van der Waals surface area contributed by atoms with Crippen molar-refractivity contribution >= 4 is 43.7 Å². The normalized spacial score (nSPS) is 14.5. The molecular weight excluding hydrogens is 336 g/mol. The van der Waals surface area contributed by atoms with E-state index in [1.165, 1.54) is 12.1 Å². The number of carbonyl (C=O) groups excluding carboxylic acids is 1. The number of halogens is 2. The molecule has 1 amide bonds. The molecule has 0 aliphatic carbocycles. The van der Waals surface area contributed by atoms with Crippen LogP contribution in [-0.4, -0.2) is 15.7 Å². The highest BCUT2D eigenvalue weighted by atomic mass is 79.9. The number of alkyl halides is 2. The maximum Gasteiger partial charge on any atom is 0.433 e. The molecular formula is C7H6Br2N2O4. The van der Waals surface area contributed by atoms with Gasteiger partial charge >= 0.3 is 5.88 Å². The first-order chi connectivity index (χ1) is 6.93. The van der Waals surface area contributed by atoms with Crippen molar-refractivity contribution < 1.29 is 14.1 Å². The molecule has 0 spiro atoms. The second-order valence-electron chi connectivity index (χ2n) is 2.64. The largest absolute Gasteiger partial charge is 0.433 e. The molecule has 0 saturated carbocycles. The number of hydrogen-bond acceptors (Lipinski definition) is 4. The number of rotatable bonds is 4. The summed E-state index contributed by atoms with van der Waals surface area (Å²) in [6.07, 6.45) is 0. The fourth-order valence-electron chi connectivity index (χ4n) is 0.877. The van der Waals surface area contributed by atoms with Gasteiger partial charge < -0.3 is 10.2 Å². The van der Waals surface area contributed by atoms with Gasteiger partial charge in [-0.15, -0.1) is 0 Å². The van der Waals surface area contributed by atoms with Crippen molar-refractivity contribution in [2.45, 2.75) is 9.65 Å². The summed E-state index contributed by atoms with van der Waals surface area (Å²) in [5, 5.41) is 10.3. The molecule has 1 aromatic rings. The lowest BCUT2D eigenvalue weighted by Crippen LogP contribution is -2.26. The first kappa shape index (κ1) is 12.2. The van der Waals surface area contributed by atoms with E-state index in [0.29, 0.717) is 0 Å². The van der Waals surface area contributed by atoms with Gasteiger partial charge in [-0.1, -0.05) is 31.9 Å². The molecule has 0 fully saturated rings. The van der Waals surface area contributed by atoms with Crippen molar-refractivity contribution in [2.24, 2.45) is 5.73 Å². The van der Waals surface area contributed by atoms with Crippen LogP contribution in [0.15, 0.2) is 16.5 Å². The average molecular weight is 342 g/mol. The maximum atomic E-state index is 10.8. The Morgan fingerprint density at radius 1 is 1.53 bits per heavy atom. The van der Waals surface area contributed by atoms with Crippen molar-refractivity contribution in [3.05, 3.63) is 28.0 Å². The second-order valence-corrected chi connectivity index (χ2v) is 4.61. The molecule has 15 heavy (non-hydrogen) atoms. The minimum absolute atomic E-state index is 0.266. The monoisotopic (exact) mass is 340 g/mol. The molecule has 82 valence electrons. The standard InChI is InChI=1S/C7H6Br2N2O4/c8-5(6(9)7(10)12)3-1-2-4(15-3)11(13)14/h1-2,5-6H,(H2,10,12). The quantitative estimate of drug-likeness (QED) is 0.513. The lowest BCUT2D eigenvalue weighted by Gasteiger charge is -2.09. The van der Waals surface area contributed by atoms with E-state index in [1.54, 1.807) is 0 Å². The fraction of sp³-hybridized carbons (Fsp3) is 0.286. The number of nitrogens with zero attached hydrogens (tertiary/aromatic N) is 1. The second kappa shape index (κ2) is 4.75. The SMILES string of the molecule is NC(=O)C(Br)C(Br)c1ccc([N+](=O)[O-])o1. The van der Waals surface area contributed by atoms with E-state index in [2.05, 4.69) is 31.9 Å². The minimum Gasteiger partial charge on any atom is -0.405 e. The molecule has 2 unspecified atom stereocenters. The van der Waals surface area contributed by atoms with Crippen molar-refractivity contribution in [2.75, 3.05) is 0 Å². The van der Waals surface area contributed by atoms with Crippen LogP contribution < -0.4 is 5.73 Å². The summed E-state index contributed by atoms with van der Waals surface area (Å²) in [6.45, 7) is 0. The molecule has 1 heterocycles. The van der Waals surface area contributed by atoms with E-state index in [-0.39, 0.29) is 11.6 Å². The summed E-state index contributed by atoms with van der Waals surface area (Å²) >= 11 is 6.19. The third-order valence-corrected chi connectivity index (χ3v) is 4.26. The van der Waals surface area contributed by atoms with Gasteiger partial charge in [0, 0.05) is 0 Å². The van der Waals surface area contributed by atoms with Crippen LogP contribution in [0, 0.1) is 10.1 Å². The van der Waals surface area contributed by atoms with E-state index >= 15 is 0 Å². The molecule has 1 rings (SSSR count). The Balaban J connectivity index is 2.87. The highest BCUT2D eigenvalue weighted by molar-refractivity contribution is 9.12. The van der Waals surface area contributed by atoms with Gasteiger partial charge in [0.15, 0.2) is 0 Å². The topological polar surface area (TPSA) is 99.4 Å². The zero-order chi connectivity index (χ0) is 11.6. The zero-order valence-electron chi connectivity index (χ0n) is 7.22. The highest BCUT2D eigenvalue weighted by Crippen LogP contribution is 2.33. The first-order valence-electron chi connectivity index (χ1n) is 3.75. The number of primary amides is 1. The fourth-order valence-corrected chi connectivity index (χ4v) is 1.64. The Labute approximate surface area is 101 Å². The third kappa shape index (κ3) is 2.78.